The summed E-state index contributed by atoms with van der Waals surface area (Å²) in [4.78, 5) is 10.9. The molecular formula is C9H10N2O2. The summed E-state index contributed by atoms with van der Waals surface area (Å²) in [6.45, 7) is 2.24. The number of carbonyl (C=O) groups excluding carboxylic acids is 1. The standard InChI is InChI=1S/C9H10N2O2/c1-7-8(3-5-13-7)6-11-9(12)2-4-10/h3,5H,2,6H2,1H3,(H,11,12). The minimum Gasteiger partial charge on any atom is -0.469 e. The molecule has 1 rings (SSSR count). The van der Waals surface area contributed by atoms with Gasteiger partial charge >= 0.3 is 0 Å². The van der Waals surface area contributed by atoms with Crippen LogP contribution in [0.3, 0.4) is 0 Å². The number of furan rings is 1. The van der Waals surface area contributed by atoms with Crippen molar-refractivity contribution in [3.05, 3.63) is 23.7 Å². The molecule has 0 aromatic carbocycles. The van der Waals surface area contributed by atoms with Crippen LogP contribution in [-0.2, 0) is 11.3 Å². The van der Waals surface area contributed by atoms with Gasteiger partial charge in [-0.15, -0.1) is 0 Å². The smallest absolute Gasteiger partial charge is 0.234 e. The van der Waals surface area contributed by atoms with Crippen molar-refractivity contribution in [3.63, 3.8) is 0 Å². The van der Waals surface area contributed by atoms with E-state index in [2.05, 4.69) is 5.32 Å². The quantitative estimate of drug-likeness (QED) is 0.754. The van der Waals surface area contributed by atoms with Crippen molar-refractivity contribution < 1.29 is 9.21 Å². The van der Waals surface area contributed by atoms with Crippen molar-refractivity contribution in [2.75, 3.05) is 0 Å². The van der Waals surface area contributed by atoms with Gasteiger partial charge in [0, 0.05) is 12.1 Å². The largest absolute Gasteiger partial charge is 0.469 e. The molecule has 1 amide bonds. The Kier molecular flexibility index (Phi) is 3.09. The highest BCUT2D eigenvalue weighted by molar-refractivity contribution is 5.77. The van der Waals surface area contributed by atoms with Crippen LogP contribution in [-0.4, -0.2) is 5.91 Å². The predicted octanol–water partition coefficient (Wildman–Crippen LogP) is 1.12. The molecule has 1 heterocycles. The first kappa shape index (κ1) is 9.33. The van der Waals surface area contributed by atoms with Crippen molar-refractivity contribution in [3.8, 4) is 6.07 Å². The molecule has 68 valence electrons. The highest BCUT2D eigenvalue weighted by Crippen LogP contribution is 2.07. The molecule has 4 heteroatoms. The van der Waals surface area contributed by atoms with E-state index in [4.69, 9.17) is 9.68 Å². The second-order valence-corrected chi connectivity index (χ2v) is 2.61. The average molecular weight is 178 g/mol. The van der Waals surface area contributed by atoms with E-state index in [9.17, 15) is 4.79 Å². The van der Waals surface area contributed by atoms with Crippen molar-refractivity contribution >= 4 is 5.91 Å². The number of aryl methyl sites for hydroxylation is 1. The lowest BCUT2D eigenvalue weighted by molar-refractivity contribution is -0.120. The topological polar surface area (TPSA) is 66.0 Å². The van der Waals surface area contributed by atoms with Crippen molar-refractivity contribution in [2.24, 2.45) is 0 Å². The van der Waals surface area contributed by atoms with Gasteiger partial charge in [-0.05, 0) is 13.0 Å². The molecule has 0 aliphatic heterocycles. The summed E-state index contributed by atoms with van der Waals surface area (Å²) in [5.74, 6) is 0.528. The fourth-order valence-electron chi connectivity index (χ4n) is 0.923. The summed E-state index contributed by atoms with van der Waals surface area (Å²) < 4.78 is 5.04. The summed E-state index contributed by atoms with van der Waals surface area (Å²) >= 11 is 0. The van der Waals surface area contributed by atoms with Gasteiger partial charge in [0.25, 0.3) is 0 Å². The minimum absolute atomic E-state index is 0.100. The third-order valence-electron chi connectivity index (χ3n) is 1.68. The number of hydrogen-bond acceptors (Lipinski definition) is 3. The van der Waals surface area contributed by atoms with Crippen LogP contribution in [0, 0.1) is 18.3 Å². The van der Waals surface area contributed by atoms with E-state index in [1.165, 1.54) is 0 Å². The SMILES string of the molecule is Cc1occc1CNC(=O)CC#N. The average Bonchev–Trinajstić information content (AvgIpc) is 2.48. The van der Waals surface area contributed by atoms with Gasteiger partial charge < -0.3 is 9.73 Å². The zero-order valence-electron chi connectivity index (χ0n) is 7.33. The molecule has 1 aromatic heterocycles. The summed E-state index contributed by atoms with van der Waals surface area (Å²) in [6, 6.07) is 3.57. The van der Waals surface area contributed by atoms with Crippen LogP contribution in [0.4, 0.5) is 0 Å². The molecule has 0 radical (unpaired) electrons. The van der Waals surface area contributed by atoms with Crippen molar-refractivity contribution in [1.29, 1.82) is 5.26 Å². The van der Waals surface area contributed by atoms with Crippen LogP contribution in [0.1, 0.15) is 17.7 Å². The molecule has 0 unspecified atom stereocenters. The Bertz CT molecular complexity index is 336. The van der Waals surface area contributed by atoms with E-state index in [0.717, 1.165) is 11.3 Å². The van der Waals surface area contributed by atoms with Crippen LogP contribution in [0.25, 0.3) is 0 Å². The Hall–Kier alpha value is -1.76. The Morgan fingerprint density at radius 2 is 2.54 bits per heavy atom. The van der Waals surface area contributed by atoms with E-state index < -0.39 is 0 Å². The van der Waals surface area contributed by atoms with Gasteiger partial charge in [0.15, 0.2) is 0 Å². The molecule has 13 heavy (non-hydrogen) atoms. The second-order valence-electron chi connectivity index (χ2n) is 2.61. The Labute approximate surface area is 76.2 Å². The van der Waals surface area contributed by atoms with Crippen LogP contribution in [0.2, 0.25) is 0 Å². The van der Waals surface area contributed by atoms with Crippen LogP contribution in [0.5, 0.6) is 0 Å². The number of carbonyl (C=O) groups is 1. The third kappa shape index (κ3) is 2.64. The lowest BCUT2D eigenvalue weighted by Crippen LogP contribution is -2.21. The molecule has 0 aliphatic carbocycles. The molecule has 0 spiro atoms. The lowest BCUT2D eigenvalue weighted by atomic mass is 10.2. The summed E-state index contributed by atoms with van der Waals surface area (Å²) in [5, 5.41) is 10.8. The summed E-state index contributed by atoms with van der Waals surface area (Å²) in [5.41, 5.74) is 0.936. The molecule has 1 N–H and O–H groups in total. The Morgan fingerprint density at radius 1 is 1.77 bits per heavy atom. The molecular weight excluding hydrogens is 168 g/mol. The van der Waals surface area contributed by atoms with Crippen molar-refractivity contribution in [1.82, 2.24) is 5.32 Å². The second kappa shape index (κ2) is 4.31. The highest BCUT2D eigenvalue weighted by atomic mass is 16.3. The molecule has 0 aliphatic rings. The van der Waals surface area contributed by atoms with E-state index >= 15 is 0 Å². The van der Waals surface area contributed by atoms with E-state index in [1.54, 1.807) is 18.4 Å². The Balaban J connectivity index is 2.40. The van der Waals surface area contributed by atoms with Crippen molar-refractivity contribution in [2.45, 2.75) is 19.9 Å². The van der Waals surface area contributed by atoms with Gasteiger partial charge in [0.2, 0.25) is 5.91 Å². The Morgan fingerprint density at radius 3 is 3.08 bits per heavy atom. The third-order valence-corrected chi connectivity index (χ3v) is 1.68. The maximum atomic E-state index is 10.9. The first-order valence-corrected chi connectivity index (χ1v) is 3.90. The highest BCUT2D eigenvalue weighted by Gasteiger charge is 2.03. The fourth-order valence-corrected chi connectivity index (χ4v) is 0.923. The van der Waals surface area contributed by atoms with Gasteiger partial charge in [-0.3, -0.25) is 4.79 Å². The van der Waals surface area contributed by atoms with Gasteiger partial charge in [0.1, 0.15) is 12.2 Å². The number of hydrogen-bond donors (Lipinski definition) is 1. The summed E-state index contributed by atoms with van der Waals surface area (Å²) in [7, 11) is 0. The molecule has 0 saturated heterocycles. The van der Waals surface area contributed by atoms with Crippen LogP contribution < -0.4 is 5.32 Å². The molecule has 0 fully saturated rings. The molecule has 0 bridgehead atoms. The lowest BCUT2D eigenvalue weighted by Gasteiger charge is -2.00. The first-order chi connectivity index (χ1) is 6.24. The maximum absolute atomic E-state index is 10.9. The minimum atomic E-state index is -0.261. The molecule has 1 aromatic rings. The zero-order chi connectivity index (χ0) is 9.68. The number of nitrogens with zero attached hydrogens (tertiary/aromatic N) is 1. The van der Waals surface area contributed by atoms with E-state index in [-0.39, 0.29) is 12.3 Å². The molecule has 4 nitrogen and oxygen atoms in total. The molecule has 0 saturated carbocycles. The van der Waals surface area contributed by atoms with Gasteiger partial charge in [-0.1, -0.05) is 0 Å². The first-order valence-electron chi connectivity index (χ1n) is 3.90. The maximum Gasteiger partial charge on any atom is 0.234 e. The monoisotopic (exact) mass is 178 g/mol. The van der Waals surface area contributed by atoms with E-state index in [1.807, 2.05) is 6.92 Å². The van der Waals surface area contributed by atoms with Gasteiger partial charge in [-0.2, -0.15) is 5.26 Å². The number of nitrogens with one attached hydrogen (secondary N) is 1. The fraction of sp³-hybridized carbons (Fsp3) is 0.333. The van der Waals surface area contributed by atoms with Crippen LogP contribution in [0.15, 0.2) is 16.7 Å². The van der Waals surface area contributed by atoms with Gasteiger partial charge in [-0.25, -0.2) is 0 Å². The number of amides is 1. The van der Waals surface area contributed by atoms with E-state index in [0.29, 0.717) is 6.54 Å². The molecule has 0 atom stereocenters. The van der Waals surface area contributed by atoms with Gasteiger partial charge in [0.05, 0.1) is 12.3 Å². The predicted molar refractivity (Wildman–Crippen MR) is 45.5 cm³/mol. The number of nitriles is 1. The van der Waals surface area contributed by atoms with Crippen LogP contribution >= 0.6 is 0 Å². The zero-order valence-corrected chi connectivity index (χ0v) is 7.33. The normalized spacial score (nSPS) is 9.23. The summed E-state index contributed by atoms with van der Waals surface area (Å²) in [6.07, 6.45) is 1.47. The number of rotatable bonds is 3.